The van der Waals surface area contributed by atoms with Gasteiger partial charge >= 0.3 is 6.18 Å². The van der Waals surface area contributed by atoms with Gasteiger partial charge in [-0.25, -0.2) is 0 Å². The molecule has 0 atom stereocenters. The lowest BCUT2D eigenvalue weighted by atomic mass is 9.79. The molecule has 0 aromatic heterocycles. The van der Waals surface area contributed by atoms with Crippen molar-refractivity contribution in [2.24, 2.45) is 0 Å². The predicted molar refractivity (Wildman–Crippen MR) is 136 cm³/mol. The van der Waals surface area contributed by atoms with Gasteiger partial charge in [0.15, 0.2) is 5.11 Å². The largest absolute Gasteiger partial charge is 0.497 e. The lowest BCUT2D eigenvalue weighted by Gasteiger charge is -2.50. The third-order valence-corrected chi connectivity index (χ3v) is 6.58. The normalized spacial score (nSPS) is 17.8. The van der Waals surface area contributed by atoms with Crippen LogP contribution in [0.5, 0.6) is 5.75 Å². The van der Waals surface area contributed by atoms with Crippen molar-refractivity contribution in [2.45, 2.75) is 70.4 Å². The Balaban J connectivity index is 1.93. The number of benzene rings is 2. The first kappa shape index (κ1) is 26.6. The summed E-state index contributed by atoms with van der Waals surface area (Å²) >= 11 is 12.0. The maximum atomic E-state index is 13.3. The van der Waals surface area contributed by atoms with Crippen molar-refractivity contribution in [2.75, 3.05) is 12.4 Å². The van der Waals surface area contributed by atoms with E-state index < -0.39 is 11.7 Å². The molecule has 1 fully saturated rings. The number of anilines is 1. The molecule has 2 N–H and O–H groups in total. The average molecular weight is 514 g/mol. The van der Waals surface area contributed by atoms with Gasteiger partial charge in [-0.3, -0.25) is 0 Å². The zero-order chi connectivity index (χ0) is 25.3. The molecule has 1 saturated heterocycles. The van der Waals surface area contributed by atoms with Crippen LogP contribution in [0.25, 0.3) is 0 Å². The fourth-order valence-electron chi connectivity index (χ4n) is 4.77. The first-order chi connectivity index (χ1) is 15.7. The zero-order valence-electron chi connectivity index (χ0n) is 20.0. The standard InChI is InChI=1S/C25H31ClF3N3OS/c1-23(2)13-18(14-24(3,4)31-23)32(15-16-6-9-19(33-5)10-7-16)22(34)30-21-12-17(25(27,28)29)8-11-20(21)26/h6-12,18,31H,13-15H2,1-5H3,(H,30,34). The molecule has 3 rings (SSSR count). The van der Waals surface area contributed by atoms with Crippen LogP contribution >= 0.6 is 23.8 Å². The molecule has 0 unspecified atom stereocenters. The van der Waals surface area contributed by atoms with Crippen LogP contribution in [-0.4, -0.2) is 34.2 Å². The van der Waals surface area contributed by atoms with Crippen molar-refractivity contribution < 1.29 is 17.9 Å². The molecule has 1 aliphatic rings. The van der Waals surface area contributed by atoms with Gasteiger partial charge in [-0.15, -0.1) is 0 Å². The Morgan fingerprint density at radius 1 is 1.12 bits per heavy atom. The van der Waals surface area contributed by atoms with E-state index in [0.717, 1.165) is 36.3 Å². The van der Waals surface area contributed by atoms with E-state index in [2.05, 4.69) is 43.2 Å². The van der Waals surface area contributed by atoms with Crippen molar-refractivity contribution in [3.05, 3.63) is 58.6 Å². The van der Waals surface area contributed by atoms with Gasteiger partial charge in [-0.05, 0) is 88.6 Å². The summed E-state index contributed by atoms with van der Waals surface area (Å²) in [5.74, 6) is 0.746. The number of nitrogens with one attached hydrogen (secondary N) is 2. The Kier molecular flexibility index (Phi) is 7.75. The number of thiocarbonyl (C=S) groups is 1. The maximum absolute atomic E-state index is 13.3. The van der Waals surface area contributed by atoms with Crippen LogP contribution in [0.3, 0.4) is 0 Å². The van der Waals surface area contributed by atoms with Gasteiger partial charge in [0.2, 0.25) is 0 Å². The molecule has 4 nitrogen and oxygen atoms in total. The minimum atomic E-state index is -4.48. The third kappa shape index (κ3) is 6.77. The molecule has 0 amide bonds. The van der Waals surface area contributed by atoms with Crippen LogP contribution in [0, 0.1) is 0 Å². The third-order valence-electron chi connectivity index (χ3n) is 5.92. The van der Waals surface area contributed by atoms with Crippen LogP contribution in [0.2, 0.25) is 5.02 Å². The van der Waals surface area contributed by atoms with Crippen LogP contribution in [0.4, 0.5) is 18.9 Å². The van der Waals surface area contributed by atoms with Crippen molar-refractivity contribution >= 4 is 34.6 Å². The van der Waals surface area contributed by atoms with Gasteiger partial charge in [-0.2, -0.15) is 13.2 Å². The number of halogens is 4. The summed E-state index contributed by atoms with van der Waals surface area (Å²) in [4.78, 5) is 2.05. The Labute approximate surface area is 209 Å². The Bertz CT molecular complexity index is 1010. The summed E-state index contributed by atoms with van der Waals surface area (Å²) in [6.45, 7) is 9.07. The molecule has 1 heterocycles. The van der Waals surface area contributed by atoms with Crippen LogP contribution in [0.1, 0.15) is 51.7 Å². The minimum Gasteiger partial charge on any atom is -0.497 e. The van der Waals surface area contributed by atoms with Gasteiger partial charge in [0.1, 0.15) is 5.75 Å². The van der Waals surface area contributed by atoms with E-state index in [-0.39, 0.29) is 27.8 Å². The predicted octanol–water partition coefficient (Wildman–Crippen LogP) is 6.88. The topological polar surface area (TPSA) is 36.5 Å². The van der Waals surface area contributed by atoms with E-state index in [0.29, 0.717) is 11.7 Å². The molecule has 186 valence electrons. The molecule has 9 heteroatoms. The first-order valence-corrected chi connectivity index (χ1v) is 11.8. The highest BCUT2D eigenvalue weighted by atomic mass is 35.5. The summed E-state index contributed by atoms with van der Waals surface area (Å²) in [7, 11) is 1.61. The van der Waals surface area contributed by atoms with Gasteiger partial charge in [0, 0.05) is 23.7 Å². The molecule has 1 aliphatic heterocycles. The highest BCUT2D eigenvalue weighted by Gasteiger charge is 2.41. The number of piperidine rings is 1. The number of ether oxygens (including phenoxy) is 1. The lowest BCUT2D eigenvalue weighted by molar-refractivity contribution is -0.137. The van der Waals surface area contributed by atoms with E-state index in [1.807, 2.05) is 24.3 Å². The summed E-state index contributed by atoms with van der Waals surface area (Å²) in [5.41, 5.74) is 0.0677. The quantitative estimate of drug-likeness (QED) is 0.426. The molecular formula is C25H31ClF3N3OS. The number of alkyl halides is 3. The van der Waals surface area contributed by atoms with E-state index in [4.69, 9.17) is 28.6 Å². The van der Waals surface area contributed by atoms with Crippen LogP contribution in [-0.2, 0) is 12.7 Å². The smallest absolute Gasteiger partial charge is 0.416 e. The SMILES string of the molecule is COc1ccc(CN(C(=S)Nc2cc(C(F)(F)F)ccc2Cl)C2CC(C)(C)NC(C)(C)C2)cc1. The maximum Gasteiger partial charge on any atom is 0.416 e. The molecule has 0 bridgehead atoms. The molecule has 34 heavy (non-hydrogen) atoms. The molecular weight excluding hydrogens is 483 g/mol. The van der Waals surface area contributed by atoms with Gasteiger partial charge < -0.3 is 20.3 Å². The summed E-state index contributed by atoms with van der Waals surface area (Å²) < 4.78 is 45.1. The molecule has 2 aromatic carbocycles. The highest BCUT2D eigenvalue weighted by Crippen LogP contribution is 2.36. The van der Waals surface area contributed by atoms with Crippen molar-refractivity contribution in [3.63, 3.8) is 0 Å². The molecule has 0 spiro atoms. The number of methoxy groups -OCH3 is 1. The summed E-state index contributed by atoms with van der Waals surface area (Å²) in [5, 5.41) is 7.16. The Morgan fingerprint density at radius 2 is 1.71 bits per heavy atom. The zero-order valence-corrected chi connectivity index (χ0v) is 21.6. The summed E-state index contributed by atoms with van der Waals surface area (Å²) in [6, 6.07) is 10.9. The van der Waals surface area contributed by atoms with Crippen molar-refractivity contribution in [1.29, 1.82) is 0 Å². The average Bonchev–Trinajstić information content (AvgIpc) is 2.70. The molecule has 0 aliphatic carbocycles. The summed E-state index contributed by atoms with van der Waals surface area (Å²) in [6.07, 6.45) is -2.86. The number of nitrogens with zero attached hydrogens (tertiary/aromatic N) is 1. The number of rotatable bonds is 5. The van der Waals surface area contributed by atoms with E-state index >= 15 is 0 Å². The fraction of sp³-hybridized carbons (Fsp3) is 0.480. The van der Waals surface area contributed by atoms with Crippen molar-refractivity contribution in [3.8, 4) is 5.75 Å². The van der Waals surface area contributed by atoms with E-state index in [1.54, 1.807) is 7.11 Å². The molecule has 0 saturated carbocycles. The second kappa shape index (κ2) is 9.91. The van der Waals surface area contributed by atoms with Crippen molar-refractivity contribution in [1.82, 2.24) is 10.2 Å². The Morgan fingerprint density at radius 3 is 2.24 bits per heavy atom. The Hall–Kier alpha value is -2.03. The molecule has 2 aromatic rings. The second-order valence-electron chi connectivity index (χ2n) is 10.1. The highest BCUT2D eigenvalue weighted by molar-refractivity contribution is 7.80. The van der Waals surface area contributed by atoms with Gasteiger partial charge in [0.25, 0.3) is 0 Å². The first-order valence-electron chi connectivity index (χ1n) is 11.1. The monoisotopic (exact) mass is 513 g/mol. The fourth-order valence-corrected chi connectivity index (χ4v) is 5.26. The second-order valence-corrected chi connectivity index (χ2v) is 10.8. The minimum absolute atomic E-state index is 0.0536. The van der Waals surface area contributed by atoms with E-state index in [9.17, 15) is 13.2 Å². The molecule has 0 radical (unpaired) electrons. The van der Waals surface area contributed by atoms with E-state index in [1.165, 1.54) is 6.07 Å². The number of hydrogen-bond donors (Lipinski definition) is 2. The van der Waals surface area contributed by atoms with Gasteiger partial charge in [0.05, 0.1) is 23.4 Å². The van der Waals surface area contributed by atoms with Gasteiger partial charge in [-0.1, -0.05) is 23.7 Å². The lowest BCUT2D eigenvalue weighted by Crippen LogP contribution is -2.63. The van der Waals surface area contributed by atoms with Crippen LogP contribution in [0.15, 0.2) is 42.5 Å². The van der Waals surface area contributed by atoms with Crippen LogP contribution < -0.4 is 15.4 Å². The number of hydrogen-bond acceptors (Lipinski definition) is 3.